The highest BCUT2D eigenvalue weighted by Gasteiger charge is 2.14. The standard InChI is InChI=1S/C19H19N3O2/c1-15-18(13-20-23-14-16-9-5-3-6-10-16)19(22(2)21-15)24-17-11-7-4-8-12-17/h3-13H,14H2,1-2H3/b20-13+. The van der Waals surface area contributed by atoms with E-state index in [-0.39, 0.29) is 0 Å². The second-order valence-electron chi connectivity index (χ2n) is 5.34. The largest absolute Gasteiger partial charge is 0.439 e. The molecule has 24 heavy (non-hydrogen) atoms. The third-order valence-corrected chi connectivity index (χ3v) is 3.50. The normalized spacial score (nSPS) is 10.9. The average molecular weight is 321 g/mol. The van der Waals surface area contributed by atoms with Crippen molar-refractivity contribution in [3.05, 3.63) is 77.5 Å². The van der Waals surface area contributed by atoms with Crippen LogP contribution >= 0.6 is 0 Å². The monoisotopic (exact) mass is 321 g/mol. The van der Waals surface area contributed by atoms with Crippen molar-refractivity contribution in [2.45, 2.75) is 13.5 Å². The number of benzene rings is 2. The minimum Gasteiger partial charge on any atom is -0.439 e. The molecule has 3 aromatic rings. The Balaban J connectivity index is 1.72. The van der Waals surface area contributed by atoms with E-state index >= 15 is 0 Å². The van der Waals surface area contributed by atoms with Gasteiger partial charge in [-0.05, 0) is 24.6 Å². The number of rotatable bonds is 6. The minimum absolute atomic E-state index is 0.422. The van der Waals surface area contributed by atoms with Crippen molar-refractivity contribution in [2.24, 2.45) is 12.2 Å². The van der Waals surface area contributed by atoms with E-state index in [2.05, 4.69) is 10.3 Å². The molecule has 0 amide bonds. The van der Waals surface area contributed by atoms with Gasteiger partial charge in [0.25, 0.3) is 0 Å². The van der Waals surface area contributed by atoms with Crippen molar-refractivity contribution < 1.29 is 9.57 Å². The van der Waals surface area contributed by atoms with Crippen molar-refractivity contribution in [1.29, 1.82) is 0 Å². The van der Waals surface area contributed by atoms with Gasteiger partial charge in [0.05, 0.1) is 17.5 Å². The van der Waals surface area contributed by atoms with Gasteiger partial charge in [-0.15, -0.1) is 0 Å². The van der Waals surface area contributed by atoms with Gasteiger partial charge in [0.2, 0.25) is 5.88 Å². The predicted octanol–water partition coefficient (Wildman–Crippen LogP) is 4.07. The lowest BCUT2D eigenvalue weighted by Gasteiger charge is -2.06. The highest BCUT2D eigenvalue weighted by Crippen LogP contribution is 2.25. The molecule has 0 fully saturated rings. The van der Waals surface area contributed by atoms with Gasteiger partial charge in [-0.25, -0.2) is 4.68 Å². The molecule has 0 unspecified atom stereocenters. The average Bonchev–Trinajstić information content (AvgIpc) is 2.87. The highest BCUT2D eigenvalue weighted by atomic mass is 16.6. The molecule has 0 saturated heterocycles. The van der Waals surface area contributed by atoms with Crippen LogP contribution in [0.15, 0.2) is 65.8 Å². The Morgan fingerprint density at radius 2 is 1.71 bits per heavy atom. The molecule has 0 aliphatic heterocycles. The Kier molecular flexibility index (Phi) is 4.91. The van der Waals surface area contributed by atoms with E-state index in [4.69, 9.17) is 9.57 Å². The number of para-hydroxylation sites is 1. The molecule has 0 saturated carbocycles. The number of ether oxygens (including phenoxy) is 1. The predicted molar refractivity (Wildman–Crippen MR) is 93.3 cm³/mol. The zero-order valence-corrected chi connectivity index (χ0v) is 13.7. The molecule has 0 N–H and O–H groups in total. The summed E-state index contributed by atoms with van der Waals surface area (Å²) in [5.74, 6) is 1.38. The van der Waals surface area contributed by atoms with Crippen LogP contribution in [0.25, 0.3) is 0 Å². The van der Waals surface area contributed by atoms with Crippen molar-refractivity contribution in [1.82, 2.24) is 9.78 Å². The first-order chi connectivity index (χ1) is 11.7. The van der Waals surface area contributed by atoms with Crippen LogP contribution in [0.3, 0.4) is 0 Å². The highest BCUT2D eigenvalue weighted by molar-refractivity contribution is 5.84. The lowest BCUT2D eigenvalue weighted by Crippen LogP contribution is -1.97. The maximum atomic E-state index is 5.93. The number of aryl methyl sites for hydroxylation is 2. The lowest BCUT2D eigenvalue weighted by atomic mass is 10.2. The zero-order chi connectivity index (χ0) is 16.8. The van der Waals surface area contributed by atoms with Gasteiger partial charge in [-0.3, -0.25) is 0 Å². The summed E-state index contributed by atoms with van der Waals surface area (Å²) in [6.45, 7) is 2.34. The lowest BCUT2D eigenvalue weighted by molar-refractivity contribution is 0.132. The van der Waals surface area contributed by atoms with Gasteiger partial charge < -0.3 is 9.57 Å². The summed E-state index contributed by atoms with van der Waals surface area (Å²) >= 11 is 0. The molecule has 0 atom stereocenters. The molecule has 0 bridgehead atoms. The smallest absolute Gasteiger partial charge is 0.226 e. The molecule has 0 aliphatic rings. The Bertz CT molecular complexity index is 811. The molecule has 5 heteroatoms. The quantitative estimate of drug-likeness (QED) is 0.508. The topological polar surface area (TPSA) is 48.6 Å². The first kappa shape index (κ1) is 15.8. The number of hydrogen-bond donors (Lipinski definition) is 0. The van der Waals surface area contributed by atoms with E-state index in [1.54, 1.807) is 10.9 Å². The van der Waals surface area contributed by atoms with Crippen LogP contribution < -0.4 is 4.74 Å². The Morgan fingerprint density at radius 1 is 1.04 bits per heavy atom. The molecular weight excluding hydrogens is 302 g/mol. The molecule has 3 rings (SSSR count). The molecule has 1 aromatic heterocycles. The fourth-order valence-electron chi connectivity index (χ4n) is 2.30. The Labute approximate surface area is 141 Å². The van der Waals surface area contributed by atoms with Crippen molar-refractivity contribution in [2.75, 3.05) is 0 Å². The first-order valence-electron chi connectivity index (χ1n) is 7.70. The van der Waals surface area contributed by atoms with Crippen molar-refractivity contribution in [3.8, 4) is 11.6 Å². The van der Waals surface area contributed by atoms with Crippen LogP contribution in [0.4, 0.5) is 0 Å². The summed E-state index contributed by atoms with van der Waals surface area (Å²) in [5.41, 5.74) is 2.70. The summed E-state index contributed by atoms with van der Waals surface area (Å²) in [5, 5.41) is 8.44. The molecular formula is C19H19N3O2. The maximum absolute atomic E-state index is 5.93. The van der Waals surface area contributed by atoms with Gasteiger partial charge in [-0.2, -0.15) is 5.10 Å². The molecule has 0 radical (unpaired) electrons. The van der Waals surface area contributed by atoms with Gasteiger partial charge >= 0.3 is 0 Å². The summed E-state index contributed by atoms with van der Waals surface area (Å²) in [6.07, 6.45) is 1.64. The third-order valence-electron chi connectivity index (χ3n) is 3.50. The summed E-state index contributed by atoms with van der Waals surface area (Å²) in [6, 6.07) is 19.5. The molecule has 0 spiro atoms. The minimum atomic E-state index is 0.422. The molecule has 5 nitrogen and oxygen atoms in total. The van der Waals surface area contributed by atoms with Crippen LogP contribution in [-0.2, 0) is 18.5 Å². The molecule has 2 aromatic carbocycles. The van der Waals surface area contributed by atoms with Crippen molar-refractivity contribution >= 4 is 6.21 Å². The van der Waals surface area contributed by atoms with Gasteiger partial charge in [0, 0.05) is 7.05 Å². The fourth-order valence-corrected chi connectivity index (χ4v) is 2.30. The van der Waals surface area contributed by atoms with Crippen LogP contribution in [0.1, 0.15) is 16.8 Å². The van der Waals surface area contributed by atoms with E-state index < -0.39 is 0 Å². The number of aromatic nitrogens is 2. The zero-order valence-electron chi connectivity index (χ0n) is 13.7. The van der Waals surface area contributed by atoms with Crippen LogP contribution in [-0.4, -0.2) is 16.0 Å². The van der Waals surface area contributed by atoms with Crippen LogP contribution in [0.2, 0.25) is 0 Å². The van der Waals surface area contributed by atoms with Crippen LogP contribution in [0.5, 0.6) is 11.6 Å². The second-order valence-corrected chi connectivity index (χ2v) is 5.34. The van der Waals surface area contributed by atoms with Crippen molar-refractivity contribution in [3.63, 3.8) is 0 Å². The van der Waals surface area contributed by atoms with Crippen LogP contribution in [0, 0.1) is 6.92 Å². The van der Waals surface area contributed by atoms with Gasteiger partial charge in [-0.1, -0.05) is 53.7 Å². The third kappa shape index (κ3) is 3.81. The SMILES string of the molecule is Cc1nn(C)c(Oc2ccccc2)c1/C=N/OCc1ccccc1. The van der Waals surface area contributed by atoms with E-state index in [1.807, 2.05) is 74.6 Å². The summed E-state index contributed by atoms with van der Waals surface area (Å²) < 4.78 is 7.63. The Morgan fingerprint density at radius 3 is 2.42 bits per heavy atom. The maximum Gasteiger partial charge on any atom is 0.226 e. The molecule has 0 aliphatic carbocycles. The fraction of sp³-hybridized carbons (Fsp3) is 0.158. The number of oxime groups is 1. The van der Waals surface area contributed by atoms with E-state index in [0.717, 1.165) is 22.6 Å². The summed E-state index contributed by atoms with van der Waals surface area (Å²) in [7, 11) is 1.84. The molecule has 1 heterocycles. The second kappa shape index (κ2) is 7.46. The van der Waals surface area contributed by atoms with E-state index in [1.165, 1.54) is 0 Å². The Hall–Kier alpha value is -3.08. The first-order valence-corrected chi connectivity index (χ1v) is 7.70. The van der Waals surface area contributed by atoms with Gasteiger partial charge in [0.1, 0.15) is 12.4 Å². The van der Waals surface area contributed by atoms with E-state index in [9.17, 15) is 0 Å². The van der Waals surface area contributed by atoms with E-state index in [0.29, 0.717) is 12.5 Å². The summed E-state index contributed by atoms with van der Waals surface area (Å²) in [4.78, 5) is 5.37. The number of nitrogens with zero attached hydrogens (tertiary/aromatic N) is 3. The molecule has 122 valence electrons. The van der Waals surface area contributed by atoms with Gasteiger partial charge in [0.15, 0.2) is 0 Å². The number of hydrogen-bond acceptors (Lipinski definition) is 4.